The van der Waals surface area contributed by atoms with Crippen molar-refractivity contribution in [2.75, 3.05) is 11.5 Å². The van der Waals surface area contributed by atoms with Crippen LogP contribution >= 0.6 is 24.8 Å². The Labute approximate surface area is 173 Å². The Hall–Kier alpha value is -2.15. The minimum Gasteiger partial charge on any atom is -0.444 e. The Balaban J connectivity index is 0. The minimum atomic E-state index is -0.472. The van der Waals surface area contributed by atoms with E-state index in [0.29, 0.717) is 18.8 Å². The van der Waals surface area contributed by atoms with Gasteiger partial charge in [-0.25, -0.2) is 4.79 Å². The number of nitrogen functional groups attached to an aromatic ring is 2. The fourth-order valence-electron chi connectivity index (χ4n) is 1.91. The summed E-state index contributed by atoms with van der Waals surface area (Å²) < 4.78 is 5.11. The maximum atomic E-state index is 11.4. The molecule has 0 heterocycles. The topological polar surface area (TPSA) is 116 Å². The van der Waals surface area contributed by atoms with Crippen molar-refractivity contribution in [3.8, 4) is 0 Å². The Morgan fingerprint density at radius 2 is 1.44 bits per heavy atom. The van der Waals surface area contributed by atoms with E-state index in [-0.39, 0.29) is 24.8 Å². The Morgan fingerprint density at radius 3 is 1.85 bits per heavy atom. The first-order chi connectivity index (χ1) is 11.7. The first kappa shape index (κ1) is 27.1. The van der Waals surface area contributed by atoms with E-state index in [1.165, 1.54) is 0 Å². The highest BCUT2D eigenvalue weighted by Crippen LogP contribution is 2.08. The van der Waals surface area contributed by atoms with Crippen LogP contribution in [0.15, 0.2) is 48.5 Å². The van der Waals surface area contributed by atoms with Crippen LogP contribution in [-0.2, 0) is 17.8 Å². The van der Waals surface area contributed by atoms with Crippen molar-refractivity contribution in [1.82, 2.24) is 5.32 Å². The number of alkyl carbamates (subject to hydrolysis) is 1. The standard InChI is InChI=1S/C12H18N2O2.C7H10N2.2ClH/c1-12(2,3)16-11(15)14-8-9-5-4-6-10(13)7-9;8-5-6-2-1-3-7(9)4-6;;/h4-7H,8,13H2,1-3H3,(H,14,15);1-4H,5,8-9H2;2*1H. The predicted octanol–water partition coefficient (Wildman–Crippen LogP) is 3.86. The van der Waals surface area contributed by atoms with Crippen LogP contribution in [0.2, 0.25) is 0 Å². The lowest BCUT2D eigenvalue weighted by atomic mass is 10.2. The van der Waals surface area contributed by atoms with Gasteiger partial charge in [-0.1, -0.05) is 24.3 Å². The van der Waals surface area contributed by atoms with Crippen LogP contribution in [0.1, 0.15) is 31.9 Å². The van der Waals surface area contributed by atoms with Gasteiger partial charge < -0.3 is 27.3 Å². The number of carbonyl (C=O) groups is 1. The summed E-state index contributed by atoms with van der Waals surface area (Å²) in [6.07, 6.45) is -0.421. The quantitative estimate of drug-likeness (QED) is 0.566. The number of carbonyl (C=O) groups excluding carboxylic acids is 1. The van der Waals surface area contributed by atoms with E-state index in [1.807, 2.05) is 63.2 Å². The minimum absolute atomic E-state index is 0. The van der Waals surface area contributed by atoms with Gasteiger partial charge in [0.2, 0.25) is 0 Å². The number of hydrogen-bond acceptors (Lipinski definition) is 5. The number of rotatable bonds is 3. The summed E-state index contributed by atoms with van der Waals surface area (Å²) in [6.45, 7) is 6.46. The van der Waals surface area contributed by atoms with Crippen LogP contribution in [0.3, 0.4) is 0 Å². The van der Waals surface area contributed by atoms with Crippen molar-refractivity contribution in [2.45, 2.75) is 39.5 Å². The molecule has 0 bridgehead atoms. The van der Waals surface area contributed by atoms with Crippen molar-refractivity contribution in [3.05, 3.63) is 59.7 Å². The molecule has 0 saturated heterocycles. The highest BCUT2D eigenvalue weighted by atomic mass is 35.5. The second kappa shape index (κ2) is 13.1. The number of ether oxygens (including phenoxy) is 1. The van der Waals surface area contributed by atoms with Crippen LogP contribution in [0.4, 0.5) is 16.2 Å². The molecule has 8 heteroatoms. The summed E-state index contributed by atoms with van der Waals surface area (Å²) in [6, 6.07) is 14.9. The number of amides is 1. The van der Waals surface area contributed by atoms with Crippen molar-refractivity contribution in [3.63, 3.8) is 0 Å². The Kier molecular flexibility index (Phi) is 13.1. The molecular formula is C19H30Cl2N4O2. The van der Waals surface area contributed by atoms with Crippen molar-refractivity contribution in [1.29, 1.82) is 0 Å². The first-order valence-electron chi connectivity index (χ1n) is 8.05. The Morgan fingerprint density at radius 1 is 0.963 bits per heavy atom. The number of nitrogens with one attached hydrogen (secondary N) is 1. The molecule has 0 atom stereocenters. The average molecular weight is 417 g/mol. The molecule has 0 spiro atoms. The predicted molar refractivity (Wildman–Crippen MR) is 117 cm³/mol. The van der Waals surface area contributed by atoms with Crippen molar-refractivity contribution >= 4 is 42.3 Å². The zero-order valence-electron chi connectivity index (χ0n) is 15.9. The molecule has 7 N–H and O–H groups in total. The normalized spacial score (nSPS) is 9.63. The van der Waals surface area contributed by atoms with E-state index < -0.39 is 11.7 Å². The lowest BCUT2D eigenvalue weighted by Gasteiger charge is -2.19. The number of anilines is 2. The van der Waals surface area contributed by atoms with E-state index in [0.717, 1.165) is 16.8 Å². The molecule has 0 saturated carbocycles. The van der Waals surface area contributed by atoms with Gasteiger partial charge >= 0.3 is 6.09 Å². The molecule has 2 aromatic rings. The lowest BCUT2D eigenvalue weighted by Crippen LogP contribution is -2.32. The third kappa shape index (κ3) is 12.8. The Bertz CT molecular complexity index is 691. The van der Waals surface area contributed by atoms with Crippen LogP contribution in [-0.4, -0.2) is 11.7 Å². The van der Waals surface area contributed by atoms with E-state index >= 15 is 0 Å². The smallest absolute Gasteiger partial charge is 0.407 e. The lowest BCUT2D eigenvalue weighted by molar-refractivity contribution is 0.0523. The summed E-state index contributed by atoms with van der Waals surface area (Å²) >= 11 is 0. The molecule has 6 nitrogen and oxygen atoms in total. The van der Waals surface area contributed by atoms with Gasteiger partial charge in [0.15, 0.2) is 0 Å². The van der Waals surface area contributed by atoms with E-state index in [4.69, 9.17) is 21.9 Å². The highest BCUT2D eigenvalue weighted by Gasteiger charge is 2.15. The maximum Gasteiger partial charge on any atom is 0.407 e. The molecule has 0 unspecified atom stereocenters. The van der Waals surface area contributed by atoms with Crippen LogP contribution in [0.5, 0.6) is 0 Å². The van der Waals surface area contributed by atoms with E-state index in [2.05, 4.69) is 5.32 Å². The number of halogens is 2. The fourth-order valence-corrected chi connectivity index (χ4v) is 1.91. The number of nitrogens with two attached hydrogens (primary N) is 3. The largest absolute Gasteiger partial charge is 0.444 e. The maximum absolute atomic E-state index is 11.4. The molecule has 2 rings (SSSR count). The first-order valence-corrected chi connectivity index (χ1v) is 8.05. The van der Waals surface area contributed by atoms with Crippen molar-refractivity contribution in [2.24, 2.45) is 5.73 Å². The van der Waals surface area contributed by atoms with Gasteiger partial charge in [-0.15, -0.1) is 24.8 Å². The van der Waals surface area contributed by atoms with E-state index in [1.54, 1.807) is 6.07 Å². The summed E-state index contributed by atoms with van der Waals surface area (Å²) in [4.78, 5) is 11.4. The summed E-state index contributed by atoms with van der Waals surface area (Å²) in [5, 5.41) is 2.67. The zero-order valence-corrected chi connectivity index (χ0v) is 17.5. The van der Waals surface area contributed by atoms with Gasteiger partial charge in [-0.3, -0.25) is 0 Å². The second-order valence-corrected chi connectivity index (χ2v) is 6.55. The summed E-state index contributed by atoms with van der Waals surface area (Å²) in [5.74, 6) is 0. The molecule has 0 aliphatic heterocycles. The molecule has 0 aliphatic rings. The van der Waals surface area contributed by atoms with Crippen LogP contribution in [0.25, 0.3) is 0 Å². The molecule has 2 aromatic carbocycles. The van der Waals surface area contributed by atoms with Gasteiger partial charge in [0.1, 0.15) is 5.60 Å². The van der Waals surface area contributed by atoms with Crippen LogP contribution in [0, 0.1) is 0 Å². The van der Waals surface area contributed by atoms with Gasteiger partial charge in [-0.2, -0.15) is 0 Å². The SMILES string of the molecule is CC(C)(C)OC(=O)NCc1cccc(N)c1.Cl.Cl.NCc1cccc(N)c1. The molecular weight excluding hydrogens is 387 g/mol. The number of benzene rings is 2. The molecule has 27 heavy (non-hydrogen) atoms. The molecule has 0 radical (unpaired) electrons. The third-order valence-electron chi connectivity index (χ3n) is 2.97. The third-order valence-corrected chi connectivity index (χ3v) is 2.97. The second-order valence-electron chi connectivity index (χ2n) is 6.55. The molecule has 152 valence electrons. The molecule has 0 fully saturated rings. The zero-order chi connectivity index (χ0) is 18.9. The van der Waals surface area contributed by atoms with E-state index in [9.17, 15) is 4.79 Å². The molecule has 0 aliphatic carbocycles. The molecule has 0 aromatic heterocycles. The number of hydrogen-bond donors (Lipinski definition) is 4. The monoisotopic (exact) mass is 416 g/mol. The highest BCUT2D eigenvalue weighted by molar-refractivity contribution is 5.85. The van der Waals surface area contributed by atoms with Gasteiger partial charge in [0, 0.05) is 24.5 Å². The van der Waals surface area contributed by atoms with Gasteiger partial charge in [0.25, 0.3) is 0 Å². The molecule has 1 amide bonds. The van der Waals surface area contributed by atoms with Gasteiger partial charge in [-0.05, 0) is 56.2 Å². The summed E-state index contributed by atoms with van der Waals surface area (Å²) in [5.41, 5.74) is 19.5. The summed E-state index contributed by atoms with van der Waals surface area (Å²) in [7, 11) is 0. The fraction of sp³-hybridized carbons (Fsp3) is 0.316. The van der Waals surface area contributed by atoms with Crippen LogP contribution < -0.4 is 22.5 Å². The average Bonchev–Trinajstić information content (AvgIpc) is 2.52. The van der Waals surface area contributed by atoms with Gasteiger partial charge in [0.05, 0.1) is 0 Å². The van der Waals surface area contributed by atoms with Crippen molar-refractivity contribution < 1.29 is 9.53 Å².